The van der Waals surface area contributed by atoms with Crippen molar-refractivity contribution in [2.45, 2.75) is 25.3 Å². The molecule has 0 radical (unpaired) electrons. The van der Waals surface area contributed by atoms with Gasteiger partial charge >= 0.3 is 0 Å². The summed E-state index contributed by atoms with van der Waals surface area (Å²) in [5, 5.41) is 11.8. The standard InChI is InChI=1S/C16H16N6OS.ClH/c17-10-6-7-12-14(8-10)24-16(19-12)20-15(23)13-9-18-22(21-13)11-4-2-1-3-5-11;/h1-5,9-10H,6-8,17H2,(H,19,20,23);1H/t10-;/m0./s1. The number of halogens is 1. The van der Waals surface area contributed by atoms with E-state index in [0.29, 0.717) is 5.13 Å². The molecule has 3 N–H and O–H groups in total. The molecule has 0 unspecified atom stereocenters. The topological polar surface area (TPSA) is 98.7 Å². The van der Waals surface area contributed by atoms with Crippen LogP contribution in [0.3, 0.4) is 0 Å². The highest BCUT2D eigenvalue weighted by Gasteiger charge is 2.21. The van der Waals surface area contributed by atoms with Gasteiger partial charge in [-0.15, -0.1) is 28.8 Å². The third-order valence-electron chi connectivity index (χ3n) is 3.91. The number of carbonyl (C=O) groups excluding carboxylic acids is 1. The highest BCUT2D eigenvalue weighted by molar-refractivity contribution is 7.15. The first-order chi connectivity index (χ1) is 11.7. The average Bonchev–Trinajstić information content (AvgIpc) is 3.22. The second-order valence-electron chi connectivity index (χ2n) is 5.70. The van der Waals surface area contributed by atoms with Crippen LogP contribution >= 0.6 is 23.7 Å². The van der Waals surface area contributed by atoms with E-state index in [1.54, 1.807) is 0 Å². The lowest BCUT2D eigenvalue weighted by Crippen LogP contribution is -2.27. The zero-order chi connectivity index (χ0) is 16.5. The van der Waals surface area contributed by atoms with Gasteiger partial charge in [0, 0.05) is 10.9 Å². The maximum absolute atomic E-state index is 12.4. The summed E-state index contributed by atoms with van der Waals surface area (Å²) in [5.74, 6) is -0.312. The van der Waals surface area contributed by atoms with Gasteiger partial charge in [0.05, 0.1) is 17.6 Å². The lowest BCUT2D eigenvalue weighted by atomic mass is 9.99. The zero-order valence-electron chi connectivity index (χ0n) is 13.3. The molecule has 2 aromatic heterocycles. The molecule has 130 valence electrons. The third kappa shape index (κ3) is 3.71. The van der Waals surface area contributed by atoms with Gasteiger partial charge in [0.1, 0.15) is 0 Å². The number of hydrogen-bond donors (Lipinski definition) is 2. The van der Waals surface area contributed by atoms with E-state index in [1.807, 2.05) is 30.3 Å². The molecule has 25 heavy (non-hydrogen) atoms. The van der Waals surface area contributed by atoms with Gasteiger partial charge in [-0.25, -0.2) is 4.98 Å². The van der Waals surface area contributed by atoms with Gasteiger partial charge in [0.2, 0.25) is 0 Å². The smallest absolute Gasteiger partial charge is 0.279 e. The van der Waals surface area contributed by atoms with Gasteiger partial charge in [0.15, 0.2) is 10.8 Å². The minimum absolute atomic E-state index is 0. The van der Waals surface area contributed by atoms with E-state index in [9.17, 15) is 4.79 Å². The molecule has 3 aromatic rings. The van der Waals surface area contributed by atoms with E-state index in [4.69, 9.17) is 5.73 Å². The molecular weight excluding hydrogens is 360 g/mol. The fraction of sp³-hybridized carbons (Fsp3) is 0.250. The highest BCUT2D eigenvalue weighted by atomic mass is 35.5. The van der Waals surface area contributed by atoms with E-state index >= 15 is 0 Å². The molecule has 7 nitrogen and oxygen atoms in total. The number of aryl methyl sites for hydroxylation is 1. The number of fused-ring (bicyclic) bond motifs is 1. The van der Waals surface area contributed by atoms with Crippen molar-refractivity contribution in [3.05, 3.63) is 52.8 Å². The van der Waals surface area contributed by atoms with E-state index < -0.39 is 0 Å². The summed E-state index contributed by atoms with van der Waals surface area (Å²) in [5.41, 5.74) is 8.08. The maximum Gasteiger partial charge on any atom is 0.279 e. The Balaban J connectivity index is 0.00000182. The molecule has 0 spiro atoms. The molecule has 1 aromatic carbocycles. The summed E-state index contributed by atoms with van der Waals surface area (Å²) in [6.45, 7) is 0. The molecule has 1 aliphatic carbocycles. The first kappa shape index (κ1) is 17.5. The minimum Gasteiger partial charge on any atom is -0.327 e. The van der Waals surface area contributed by atoms with Crippen LogP contribution in [0, 0.1) is 0 Å². The predicted molar refractivity (Wildman–Crippen MR) is 98.7 cm³/mol. The van der Waals surface area contributed by atoms with Gasteiger partial charge in [0.25, 0.3) is 5.91 Å². The number of carbonyl (C=O) groups is 1. The molecule has 0 saturated heterocycles. The van der Waals surface area contributed by atoms with Crippen LogP contribution in [0.2, 0.25) is 0 Å². The molecule has 9 heteroatoms. The van der Waals surface area contributed by atoms with Crippen LogP contribution in [0.5, 0.6) is 0 Å². The Hall–Kier alpha value is -2.29. The first-order valence-corrected chi connectivity index (χ1v) is 8.54. The number of benzene rings is 1. The van der Waals surface area contributed by atoms with E-state index in [0.717, 1.165) is 35.5 Å². The summed E-state index contributed by atoms with van der Waals surface area (Å²) in [4.78, 5) is 19.4. The average molecular weight is 377 g/mol. The molecule has 0 fully saturated rings. The quantitative estimate of drug-likeness (QED) is 0.730. The van der Waals surface area contributed by atoms with Crippen molar-refractivity contribution >= 4 is 34.8 Å². The molecule has 1 amide bonds. The number of para-hydroxylation sites is 1. The predicted octanol–water partition coefficient (Wildman–Crippen LogP) is 2.21. The Kier molecular flexibility index (Phi) is 5.12. The van der Waals surface area contributed by atoms with Crippen LogP contribution in [0.4, 0.5) is 5.13 Å². The second-order valence-corrected chi connectivity index (χ2v) is 6.78. The van der Waals surface area contributed by atoms with Crippen molar-refractivity contribution in [3.63, 3.8) is 0 Å². The molecule has 0 saturated carbocycles. The Morgan fingerprint density at radius 3 is 2.92 bits per heavy atom. The lowest BCUT2D eigenvalue weighted by molar-refractivity contribution is 0.102. The Morgan fingerprint density at radius 1 is 1.32 bits per heavy atom. The number of amides is 1. The van der Waals surface area contributed by atoms with E-state index in [1.165, 1.54) is 22.3 Å². The number of thiazole rings is 1. The van der Waals surface area contributed by atoms with E-state index in [2.05, 4.69) is 20.5 Å². The van der Waals surface area contributed by atoms with E-state index in [-0.39, 0.29) is 30.0 Å². The Morgan fingerprint density at radius 2 is 2.12 bits per heavy atom. The highest BCUT2D eigenvalue weighted by Crippen LogP contribution is 2.29. The van der Waals surface area contributed by atoms with Gasteiger partial charge in [-0.2, -0.15) is 9.90 Å². The molecule has 0 bridgehead atoms. The van der Waals surface area contributed by atoms with Crippen molar-refractivity contribution in [1.29, 1.82) is 0 Å². The summed E-state index contributed by atoms with van der Waals surface area (Å²) >= 11 is 1.49. The molecule has 1 aliphatic rings. The van der Waals surface area contributed by atoms with Crippen LogP contribution in [0.1, 0.15) is 27.5 Å². The van der Waals surface area contributed by atoms with Crippen molar-refractivity contribution in [2.24, 2.45) is 5.73 Å². The van der Waals surface area contributed by atoms with Gasteiger partial charge < -0.3 is 5.73 Å². The second kappa shape index (κ2) is 7.30. The van der Waals surface area contributed by atoms with Gasteiger partial charge in [-0.3, -0.25) is 10.1 Å². The molecule has 2 heterocycles. The largest absolute Gasteiger partial charge is 0.327 e. The van der Waals surface area contributed by atoms with Crippen LogP contribution in [0.25, 0.3) is 5.69 Å². The SMILES string of the molecule is Cl.N[C@H]1CCc2nc(NC(=O)c3cnn(-c4ccccc4)n3)sc2C1. The van der Waals surface area contributed by atoms with Gasteiger partial charge in [-0.05, 0) is 31.4 Å². The maximum atomic E-state index is 12.4. The normalized spacial score (nSPS) is 16.0. The van der Waals surface area contributed by atoms with Crippen LogP contribution in [-0.4, -0.2) is 31.9 Å². The van der Waals surface area contributed by atoms with Crippen molar-refractivity contribution < 1.29 is 4.79 Å². The molecule has 4 rings (SSSR count). The Labute approximate surface area is 154 Å². The summed E-state index contributed by atoms with van der Waals surface area (Å²) < 4.78 is 0. The zero-order valence-corrected chi connectivity index (χ0v) is 14.9. The Bertz CT molecular complexity index is 878. The summed E-state index contributed by atoms with van der Waals surface area (Å²) in [6, 6.07) is 9.63. The van der Waals surface area contributed by atoms with Crippen molar-refractivity contribution in [3.8, 4) is 5.69 Å². The fourth-order valence-corrected chi connectivity index (χ4v) is 3.76. The van der Waals surface area contributed by atoms with Crippen LogP contribution in [0.15, 0.2) is 36.5 Å². The van der Waals surface area contributed by atoms with Crippen molar-refractivity contribution in [1.82, 2.24) is 20.0 Å². The number of nitrogens with two attached hydrogens (primary N) is 1. The molecular formula is C16H17ClN6OS. The number of aromatic nitrogens is 4. The minimum atomic E-state index is -0.312. The lowest BCUT2D eigenvalue weighted by Gasteiger charge is -2.15. The summed E-state index contributed by atoms with van der Waals surface area (Å²) in [6.07, 6.45) is 4.08. The van der Waals surface area contributed by atoms with Gasteiger partial charge in [-0.1, -0.05) is 18.2 Å². The third-order valence-corrected chi connectivity index (χ3v) is 4.95. The number of rotatable bonds is 3. The fourth-order valence-electron chi connectivity index (χ4n) is 2.67. The monoisotopic (exact) mass is 376 g/mol. The molecule has 0 aliphatic heterocycles. The number of hydrogen-bond acceptors (Lipinski definition) is 6. The van der Waals surface area contributed by atoms with Crippen LogP contribution in [-0.2, 0) is 12.8 Å². The number of nitrogens with one attached hydrogen (secondary N) is 1. The number of anilines is 1. The molecule has 1 atom stereocenters. The van der Waals surface area contributed by atoms with Crippen LogP contribution < -0.4 is 11.1 Å². The van der Waals surface area contributed by atoms with Crippen molar-refractivity contribution in [2.75, 3.05) is 5.32 Å². The summed E-state index contributed by atoms with van der Waals surface area (Å²) in [7, 11) is 0. The first-order valence-electron chi connectivity index (χ1n) is 7.72. The number of nitrogens with zero attached hydrogens (tertiary/aromatic N) is 4.